The number of carbonyl (C=O) groups excluding carboxylic acids is 1. The molecule has 0 aromatic heterocycles. The molecule has 0 fully saturated rings. The predicted molar refractivity (Wildman–Crippen MR) is 93.9 cm³/mol. The molecule has 23 heavy (non-hydrogen) atoms. The van der Waals surface area contributed by atoms with Gasteiger partial charge in [-0.3, -0.25) is 0 Å². The molecular formula is C18H30N2O3. The Morgan fingerprint density at radius 2 is 2.04 bits per heavy atom. The summed E-state index contributed by atoms with van der Waals surface area (Å²) in [6, 6.07) is 7.15. The first-order valence-corrected chi connectivity index (χ1v) is 8.29. The lowest BCUT2D eigenvalue weighted by atomic mass is 9.87. The second-order valence-electron chi connectivity index (χ2n) is 6.72. The number of para-hydroxylation sites is 2. The van der Waals surface area contributed by atoms with Crippen LogP contribution in [0.1, 0.15) is 47.0 Å². The number of ether oxygens (including phenoxy) is 1. The van der Waals surface area contributed by atoms with Gasteiger partial charge in [0.25, 0.3) is 0 Å². The van der Waals surface area contributed by atoms with Gasteiger partial charge in [-0.1, -0.05) is 39.3 Å². The molecule has 0 aliphatic rings. The van der Waals surface area contributed by atoms with Gasteiger partial charge in [0.05, 0.1) is 18.4 Å². The minimum atomic E-state index is -0.387. The molecule has 5 heteroatoms. The lowest BCUT2D eigenvalue weighted by Crippen LogP contribution is -2.38. The first kappa shape index (κ1) is 19.3. The van der Waals surface area contributed by atoms with Crippen molar-refractivity contribution in [2.24, 2.45) is 5.41 Å². The van der Waals surface area contributed by atoms with Crippen LogP contribution in [-0.2, 0) is 0 Å². The molecule has 0 aliphatic heterocycles. The van der Waals surface area contributed by atoms with Crippen molar-refractivity contribution in [3.8, 4) is 5.75 Å². The van der Waals surface area contributed by atoms with E-state index in [0.29, 0.717) is 31.0 Å². The highest BCUT2D eigenvalue weighted by atomic mass is 16.5. The maximum atomic E-state index is 12.1. The third-order valence-electron chi connectivity index (χ3n) is 3.47. The summed E-state index contributed by atoms with van der Waals surface area (Å²) < 4.78 is 5.70. The Kier molecular flexibility index (Phi) is 7.89. The van der Waals surface area contributed by atoms with E-state index in [1.54, 1.807) is 6.92 Å². The van der Waals surface area contributed by atoms with E-state index in [4.69, 9.17) is 4.74 Å². The molecule has 0 saturated carbocycles. The number of nitrogens with one attached hydrogen (secondary N) is 2. The average molecular weight is 322 g/mol. The molecule has 1 aromatic rings. The third kappa shape index (κ3) is 7.88. The van der Waals surface area contributed by atoms with E-state index >= 15 is 0 Å². The van der Waals surface area contributed by atoms with Gasteiger partial charge in [-0.25, -0.2) is 4.79 Å². The lowest BCUT2D eigenvalue weighted by Gasteiger charge is -2.26. The van der Waals surface area contributed by atoms with Crippen LogP contribution in [0, 0.1) is 5.41 Å². The second kappa shape index (κ2) is 9.40. The number of aliphatic hydroxyl groups excluding tert-OH is 1. The van der Waals surface area contributed by atoms with E-state index in [0.717, 1.165) is 12.8 Å². The van der Waals surface area contributed by atoms with Crippen LogP contribution in [0.25, 0.3) is 0 Å². The van der Waals surface area contributed by atoms with Crippen molar-refractivity contribution in [2.75, 3.05) is 18.5 Å². The Labute approximate surface area is 139 Å². The zero-order chi connectivity index (χ0) is 17.3. The van der Waals surface area contributed by atoms with Crippen LogP contribution in [0.4, 0.5) is 10.5 Å². The Morgan fingerprint density at radius 3 is 2.70 bits per heavy atom. The largest absolute Gasteiger partial charge is 0.491 e. The Hall–Kier alpha value is -1.75. The number of amides is 2. The number of hydrogen-bond donors (Lipinski definition) is 3. The maximum Gasteiger partial charge on any atom is 0.319 e. The zero-order valence-electron chi connectivity index (χ0n) is 14.7. The van der Waals surface area contributed by atoms with Crippen LogP contribution in [0.5, 0.6) is 5.75 Å². The van der Waals surface area contributed by atoms with Crippen molar-refractivity contribution < 1.29 is 14.6 Å². The summed E-state index contributed by atoms with van der Waals surface area (Å²) in [5, 5.41) is 15.2. The highest BCUT2D eigenvalue weighted by Gasteiger charge is 2.21. The monoisotopic (exact) mass is 322 g/mol. The SMILES string of the molecule is CCCCOc1ccccc1NC(=O)NCC(C)(C)CC(C)O. The van der Waals surface area contributed by atoms with Crippen molar-refractivity contribution in [3.63, 3.8) is 0 Å². The van der Waals surface area contributed by atoms with E-state index in [1.807, 2.05) is 38.1 Å². The summed E-state index contributed by atoms with van der Waals surface area (Å²) in [6.45, 7) is 9.02. The molecule has 0 heterocycles. The quantitative estimate of drug-likeness (QED) is 0.606. The van der Waals surface area contributed by atoms with Crippen LogP contribution >= 0.6 is 0 Å². The highest BCUT2D eigenvalue weighted by molar-refractivity contribution is 5.90. The van der Waals surface area contributed by atoms with Crippen molar-refractivity contribution in [1.29, 1.82) is 0 Å². The predicted octanol–water partition coefficient (Wildman–Crippen LogP) is 3.78. The standard InChI is InChI=1S/C18H30N2O3/c1-5-6-11-23-16-10-8-7-9-15(16)20-17(22)19-13-18(3,4)12-14(2)21/h7-10,14,21H,5-6,11-13H2,1-4H3,(H2,19,20,22). The minimum absolute atomic E-state index is 0.164. The second-order valence-corrected chi connectivity index (χ2v) is 6.72. The minimum Gasteiger partial charge on any atom is -0.491 e. The fourth-order valence-corrected chi connectivity index (χ4v) is 2.38. The van der Waals surface area contributed by atoms with Crippen LogP contribution in [0.2, 0.25) is 0 Å². The van der Waals surface area contributed by atoms with E-state index in [-0.39, 0.29) is 17.6 Å². The van der Waals surface area contributed by atoms with E-state index in [9.17, 15) is 9.90 Å². The molecular weight excluding hydrogens is 292 g/mol. The first-order chi connectivity index (χ1) is 10.8. The maximum absolute atomic E-state index is 12.1. The summed E-state index contributed by atoms with van der Waals surface area (Å²) in [6.07, 6.45) is 2.29. The number of carbonyl (C=O) groups is 1. The topological polar surface area (TPSA) is 70.6 Å². The fourth-order valence-electron chi connectivity index (χ4n) is 2.38. The van der Waals surface area contributed by atoms with Crippen molar-refractivity contribution in [3.05, 3.63) is 24.3 Å². The third-order valence-corrected chi connectivity index (χ3v) is 3.47. The van der Waals surface area contributed by atoms with Gasteiger partial charge in [0.1, 0.15) is 5.75 Å². The number of rotatable bonds is 9. The lowest BCUT2D eigenvalue weighted by molar-refractivity contribution is 0.129. The highest BCUT2D eigenvalue weighted by Crippen LogP contribution is 2.24. The summed E-state index contributed by atoms with van der Waals surface area (Å²) in [4.78, 5) is 12.1. The Bertz CT molecular complexity index is 487. The molecule has 1 rings (SSSR count). The van der Waals surface area contributed by atoms with Gasteiger partial charge in [0.2, 0.25) is 0 Å². The Balaban J connectivity index is 2.54. The van der Waals surface area contributed by atoms with Crippen LogP contribution in [0.3, 0.4) is 0 Å². The fraction of sp³-hybridized carbons (Fsp3) is 0.611. The van der Waals surface area contributed by atoms with Gasteiger partial charge >= 0.3 is 6.03 Å². The number of benzene rings is 1. The molecule has 130 valence electrons. The van der Waals surface area contributed by atoms with Gasteiger partial charge < -0.3 is 20.5 Å². The van der Waals surface area contributed by atoms with E-state index < -0.39 is 0 Å². The molecule has 2 amide bonds. The molecule has 0 spiro atoms. The number of urea groups is 1. The normalized spacial score (nSPS) is 12.6. The molecule has 1 unspecified atom stereocenters. The smallest absolute Gasteiger partial charge is 0.319 e. The van der Waals surface area contributed by atoms with Crippen molar-refractivity contribution in [1.82, 2.24) is 5.32 Å². The number of anilines is 1. The van der Waals surface area contributed by atoms with Gasteiger partial charge in [0.15, 0.2) is 0 Å². The van der Waals surface area contributed by atoms with Crippen LogP contribution < -0.4 is 15.4 Å². The van der Waals surface area contributed by atoms with Gasteiger partial charge in [-0.15, -0.1) is 0 Å². The van der Waals surface area contributed by atoms with Gasteiger partial charge in [-0.2, -0.15) is 0 Å². The average Bonchev–Trinajstić information content (AvgIpc) is 2.46. The summed E-state index contributed by atoms with van der Waals surface area (Å²) in [5.74, 6) is 0.680. The molecule has 5 nitrogen and oxygen atoms in total. The Morgan fingerprint density at radius 1 is 1.35 bits per heavy atom. The van der Waals surface area contributed by atoms with E-state index in [2.05, 4.69) is 17.6 Å². The molecule has 1 atom stereocenters. The molecule has 0 bridgehead atoms. The summed E-state index contributed by atoms with van der Waals surface area (Å²) in [7, 11) is 0. The van der Waals surface area contributed by atoms with Crippen LogP contribution in [-0.4, -0.2) is 30.4 Å². The van der Waals surface area contributed by atoms with Crippen LogP contribution in [0.15, 0.2) is 24.3 Å². The summed E-state index contributed by atoms with van der Waals surface area (Å²) >= 11 is 0. The molecule has 3 N–H and O–H groups in total. The first-order valence-electron chi connectivity index (χ1n) is 8.29. The molecule has 1 aromatic carbocycles. The van der Waals surface area contributed by atoms with Crippen molar-refractivity contribution in [2.45, 2.75) is 53.1 Å². The molecule has 0 radical (unpaired) electrons. The number of unbranched alkanes of at least 4 members (excludes halogenated alkanes) is 1. The number of aliphatic hydroxyl groups is 1. The van der Waals surface area contributed by atoms with Gasteiger partial charge in [-0.05, 0) is 37.3 Å². The van der Waals surface area contributed by atoms with Crippen molar-refractivity contribution >= 4 is 11.7 Å². The van der Waals surface area contributed by atoms with Gasteiger partial charge in [0, 0.05) is 6.54 Å². The molecule has 0 aliphatic carbocycles. The molecule has 0 saturated heterocycles. The zero-order valence-corrected chi connectivity index (χ0v) is 14.7. The van der Waals surface area contributed by atoms with E-state index in [1.165, 1.54) is 0 Å². The summed E-state index contributed by atoms with van der Waals surface area (Å²) in [5.41, 5.74) is 0.497. The number of hydrogen-bond acceptors (Lipinski definition) is 3.